The molecule has 80 valence electrons. The number of rotatable bonds is 5. The van der Waals surface area contributed by atoms with Gasteiger partial charge in [0.2, 0.25) is 0 Å². The molecule has 0 atom stereocenters. The smallest absolute Gasteiger partial charge is 0.0136 e. The van der Waals surface area contributed by atoms with E-state index in [0.29, 0.717) is 0 Å². The lowest BCUT2D eigenvalue weighted by Crippen LogP contribution is -1.78. The van der Waals surface area contributed by atoms with E-state index < -0.39 is 0 Å². The molecule has 1 aromatic carbocycles. The zero-order valence-electron chi connectivity index (χ0n) is 9.74. The molecule has 0 nitrogen and oxygen atoms in total. The molecule has 1 aromatic rings. The van der Waals surface area contributed by atoms with Crippen molar-refractivity contribution < 1.29 is 0 Å². The first-order valence-electron chi connectivity index (χ1n) is 5.76. The normalized spacial score (nSPS) is 12.3. The highest BCUT2D eigenvalue weighted by Gasteiger charge is 1.89. The fourth-order valence-electron chi connectivity index (χ4n) is 1.57. The Kier molecular flexibility index (Phi) is 5.54. The fraction of sp³-hybridized carbons (Fsp3) is 0.333. The van der Waals surface area contributed by atoms with E-state index in [1.165, 1.54) is 11.1 Å². The van der Waals surface area contributed by atoms with E-state index in [0.717, 1.165) is 19.3 Å². The van der Waals surface area contributed by atoms with Crippen LogP contribution in [0, 0.1) is 0 Å². The van der Waals surface area contributed by atoms with Crippen molar-refractivity contribution >= 4 is 6.08 Å². The molecule has 0 fully saturated rings. The topological polar surface area (TPSA) is 0 Å². The summed E-state index contributed by atoms with van der Waals surface area (Å²) in [6.07, 6.45) is 10.2. The molecule has 0 saturated heterocycles. The number of allylic oxidation sites excluding steroid dienone is 3. The summed E-state index contributed by atoms with van der Waals surface area (Å²) in [4.78, 5) is 0. The van der Waals surface area contributed by atoms with Gasteiger partial charge in [-0.25, -0.2) is 0 Å². The summed E-state index contributed by atoms with van der Waals surface area (Å²) >= 11 is 0. The largest absolute Gasteiger partial charge is 0.0853 e. The zero-order chi connectivity index (χ0) is 10.9. The van der Waals surface area contributed by atoms with Crippen LogP contribution < -0.4 is 0 Å². The van der Waals surface area contributed by atoms with Gasteiger partial charge in [-0.2, -0.15) is 0 Å². The van der Waals surface area contributed by atoms with Gasteiger partial charge in [-0.15, -0.1) is 0 Å². The molecular formula is C15H20. The van der Waals surface area contributed by atoms with Gasteiger partial charge in [-0.3, -0.25) is 0 Å². The van der Waals surface area contributed by atoms with Crippen molar-refractivity contribution in [2.75, 3.05) is 0 Å². The summed E-state index contributed by atoms with van der Waals surface area (Å²) < 4.78 is 0. The molecule has 0 amide bonds. The lowest BCUT2D eigenvalue weighted by molar-refractivity contribution is 1.00. The van der Waals surface area contributed by atoms with Gasteiger partial charge in [0.1, 0.15) is 0 Å². The first kappa shape index (κ1) is 11.8. The number of hydrogen-bond donors (Lipinski definition) is 0. The molecule has 0 aliphatic rings. The molecule has 0 spiro atoms. The molecule has 15 heavy (non-hydrogen) atoms. The van der Waals surface area contributed by atoms with Gasteiger partial charge in [0, 0.05) is 0 Å². The first-order valence-corrected chi connectivity index (χ1v) is 5.76. The van der Waals surface area contributed by atoms with Gasteiger partial charge < -0.3 is 0 Å². The molecule has 0 heterocycles. The predicted molar refractivity (Wildman–Crippen MR) is 68.8 cm³/mol. The van der Waals surface area contributed by atoms with Gasteiger partial charge in [0.25, 0.3) is 0 Å². The Balaban J connectivity index is 2.49. The summed E-state index contributed by atoms with van der Waals surface area (Å²) in [6.45, 7) is 4.41. The van der Waals surface area contributed by atoms with Gasteiger partial charge in [0.15, 0.2) is 0 Å². The van der Waals surface area contributed by atoms with Crippen LogP contribution in [-0.4, -0.2) is 0 Å². The van der Waals surface area contributed by atoms with Crippen LogP contribution in [0.1, 0.15) is 38.7 Å². The third-order valence-electron chi connectivity index (χ3n) is 2.44. The highest BCUT2D eigenvalue weighted by Crippen LogP contribution is 2.10. The van der Waals surface area contributed by atoms with E-state index in [9.17, 15) is 0 Å². The average molecular weight is 200 g/mol. The minimum Gasteiger partial charge on any atom is -0.0853 e. The van der Waals surface area contributed by atoms with Crippen molar-refractivity contribution in [3.8, 4) is 0 Å². The second-order valence-electron chi connectivity index (χ2n) is 3.64. The Hall–Kier alpha value is -1.30. The predicted octanol–water partition coefficient (Wildman–Crippen LogP) is 4.84. The second-order valence-corrected chi connectivity index (χ2v) is 3.64. The quantitative estimate of drug-likeness (QED) is 0.597. The Morgan fingerprint density at radius 2 is 1.87 bits per heavy atom. The molecule has 0 aliphatic carbocycles. The maximum atomic E-state index is 2.33. The molecule has 0 aliphatic heterocycles. The second kappa shape index (κ2) is 7.05. The number of benzene rings is 1. The van der Waals surface area contributed by atoms with Crippen molar-refractivity contribution in [1.29, 1.82) is 0 Å². The molecular weight excluding hydrogens is 180 g/mol. The third kappa shape index (κ3) is 4.64. The van der Waals surface area contributed by atoms with E-state index >= 15 is 0 Å². The van der Waals surface area contributed by atoms with Crippen LogP contribution in [0.2, 0.25) is 0 Å². The average Bonchev–Trinajstić information content (AvgIpc) is 2.29. The highest BCUT2D eigenvalue weighted by molar-refractivity contribution is 5.49. The van der Waals surface area contributed by atoms with Crippen LogP contribution in [0.5, 0.6) is 0 Å². The minimum atomic E-state index is 1.08. The van der Waals surface area contributed by atoms with Gasteiger partial charge >= 0.3 is 0 Å². The van der Waals surface area contributed by atoms with Crippen molar-refractivity contribution in [3.05, 3.63) is 53.6 Å². The van der Waals surface area contributed by atoms with Gasteiger partial charge in [-0.1, -0.05) is 68.0 Å². The molecule has 0 N–H and O–H groups in total. The lowest BCUT2D eigenvalue weighted by Gasteiger charge is -1.99. The maximum absolute atomic E-state index is 2.33. The molecule has 0 heteroatoms. The van der Waals surface area contributed by atoms with Crippen LogP contribution >= 0.6 is 0 Å². The molecule has 1 rings (SSSR count). The van der Waals surface area contributed by atoms with Gasteiger partial charge in [-0.05, 0) is 24.8 Å². The molecule has 0 saturated carbocycles. The summed E-state index contributed by atoms with van der Waals surface area (Å²) in [7, 11) is 0. The monoisotopic (exact) mass is 200 g/mol. The zero-order valence-corrected chi connectivity index (χ0v) is 9.74. The summed E-state index contributed by atoms with van der Waals surface area (Å²) in [6, 6.07) is 10.5. The lowest BCUT2D eigenvalue weighted by atomic mass is 10.1. The van der Waals surface area contributed by atoms with Crippen LogP contribution in [0.25, 0.3) is 6.08 Å². The van der Waals surface area contributed by atoms with Crippen molar-refractivity contribution in [2.24, 2.45) is 0 Å². The van der Waals surface area contributed by atoms with Crippen molar-refractivity contribution in [3.63, 3.8) is 0 Å². The maximum Gasteiger partial charge on any atom is -0.0136 e. The summed E-state index contributed by atoms with van der Waals surface area (Å²) in [5, 5.41) is 0. The first-order chi connectivity index (χ1) is 7.36. The van der Waals surface area contributed by atoms with E-state index in [4.69, 9.17) is 0 Å². The Morgan fingerprint density at radius 1 is 1.13 bits per heavy atom. The third-order valence-corrected chi connectivity index (χ3v) is 2.44. The fourth-order valence-corrected chi connectivity index (χ4v) is 1.57. The highest BCUT2D eigenvalue weighted by atomic mass is 14.0. The van der Waals surface area contributed by atoms with E-state index in [-0.39, 0.29) is 0 Å². The van der Waals surface area contributed by atoms with Gasteiger partial charge in [0.05, 0.1) is 0 Å². The molecule has 0 bridgehead atoms. The molecule has 0 unspecified atom stereocenters. The van der Waals surface area contributed by atoms with E-state index in [2.05, 4.69) is 56.3 Å². The standard InChI is InChI=1S/C15H20/c1-3-9-14(4-2)12-8-13-15-10-6-5-7-11-15/h5-11,13H,3-4,12H2,1-2H3/b13-8+,14-9+. The summed E-state index contributed by atoms with van der Waals surface area (Å²) in [5.74, 6) is 0. The molecule has 0 aromatic heterocycles. The Morgan fingerprint density at radius 3 is 2.47 bits per heavy atom. The summed E-state index contributed by atoms with van der Waals surface area (Å²) in [5.41, 5.74) is 2.81. The van der Waals surface area contributed by atoms with Crippen molar-refractivity contribution in [2.45, 2.75) is 33.1 Å². The minimum absolute atomic E-state index is 1.08. The molecule has 0 radical (unpaired) electrons. The SMILES string of the molecule is CC/C=C(\CC)C/C=C/c1ccccc1. The Labute approximate surface area is 93.3 Å². The van der Waals surface area contributed by atoms with Crippen LogP contribution in [0.15, 0.2) is 48.1 Å². The van der Waals surface area contributed by atoms with Crippen LogP contribution in [0.3, 0.4) is 0 Å². The Bertz CT molecular complexity index is 317. The van der Waals surface area contributed by atoms with Crippen molar-refractivity contribution in [1.82, 2.24) is 0 Å². The van der Waals surface area contributed by atoms with E-state index in [1.807, 2.05) is 6.07 Å². The van der Waals surface area contributed by atoms with E-state index in [1.54, 1.807) is 0 Å². The van der Waals surface area contributed by atoms with Crippen LogP contribution in [-0.2, 0) is 0 Å². The van der Waals surface area contributed by atoms with Crippen LogP contribution in [0.4, 0.5) is 0 Å². The number of hydrogen-bond acceptors (Lipinski definition) is 0.